The van der Waals surface area contributed by atoms with Crippen LogP contribution in [-0.2, 0) is 24.8 Å². The number of nitrogens with one attached hydrogen (secondary N) is 1. The first kappa shape index (κ1) is 22.6. The predicted octanol–water partition coefficient (Wildman–Crippen LogP) is 1.38. The van der Waals surface area contributed by atoms with Crippen molar-refractivity contribution < 1.29 is 21.6 Å². The fourth-order valence-electron chi connectivity index (χ4n) is 3.30. The molecule has 1 N–H and O–H groups in total. The van der Waals surface area contributed by atoms with Crippen LogP contribution in [0.2, 0.25) is 0 Å². The van der Waals surface area contributed by atoms with Gasteiger partial charge in [-0.15, -0.1) is 0 Å². The van der Waals surface area contributed by atoms with Gasteiger partial charge in [-0.1, -0.05) is 6.07 Å². The second-order valence-corrected chi connectivity index (χ2v) is 11.0. The van der Waals surface area contributed by atoms with Crippen LogP contribution in [0.4, 0.5) is 5.69 Å². The fraction of sp³-hybridized carbons (Fsp3) is 0.611. The molecule has 1 aliphatic rings. The van der Waals surface area contributed by atoms with Gasteiger partial charge in [0, 0.05) is 33.1 Å². The molecule has 0 radical (unpaired) electrons. The van der Waals surface area contributed by atoms with E-state index in [-0.39, 0.29) is 23.8 Å². The molecule has 158 valence electrons. The first-order chi connectivity index (χ1) is 12.9. The zero-order chi connectivity index (χ0) is 21.1. The van der Waals surface area contributed by atoms with Gasteiger partial charge in [-0.25, -0.2) is 21.6 Å². The first-order valence-corrected chi connectivity index (χ1v) is 12.6. The number of nitrogens with zero attached hydrogens (tertiary/aromatic N) is 2. The molecule has 1 fully saturated rings. The summed E-state index contributed by atoms with van der Waals surface area (Å²) in [5.41, 5.74) is 1.47. The highest BCUT2D eigenvalue weighted by atomic mass is 32.2. The number of rotatable bonds is 7. The highest BCUT2D eigenvalue weighted by molar-refractivity contribution is 7.92. The smallest absolute Gasteiger partial charge is 0.240 e. The topological polar surface area (TPSA) is 104 Å². The van der Waals surface area contributed by atoms with Crippen molar-refractivity contribution in [2.24, 2.45) is 0 Å². The number of amides is 1. The lowest BCUT2D eigenvalue weighted by Gasteiger charge is -2.26. The Morgan fingerprint density at radius 3 is 2.25 bits per heavy atom. The van der Waals surface area contributed by atoms with Gasteiger partial charge in [0.05, 0.1) is 16.8 Å². The van der Waals surface area contributed by atoms with Gasteiger partial charge in [0.15, 0.2) is 0 Å². The summed E-state index contributed by atoms with van der Waals surface area (Å²) in [5.74, 6) is -0.0551. The Bertz CT molecular complexity index is 936. The second kappa shape index (κ2) is 8.79. The molecule has 0 unspecified atom stereocenters. The van der Waals surface area contributed by atoms with E-state index in [1.54, 1.807) is 24.8 Å². The summed E-state index contributed by atoms with van der Waals surface area (Å²) in [6.45, 7) is 4.84. The van der Waals surface area contributed by atoms with E-state index in [0.717, 1.165) is 42.9 Å². The monoisotopic (exact) mass is 431 g/mol. The lowest BCUT2D eigenvalue weighted by molar-refractivity contribution is -0.131. The third kappa shape index (κ3) is 5.45. The molecule has 1 heterocycles. The van der Waals surface area contributed by atoms with Gasteiger partial charge < -0.3 is 4.90 Å². The average molecular weight is 432 g/mol. The number of piperidine rings is 1. The molecule has 0 atom stereocenters. The van der Waals surface area contributed by atoms with Gasteiger partial charge in [0.25, 0.3) is 0 Å². The van der Waals surface area contributed by atoms with Crippen LogP contribution in [0.15, 0.2) is 17.0 Å². The van der Waals surface area contributed by atoms with Crippen LogP contribution in [0.3, 0.4) is 0 Å². The molecule has 1 saturated heterocycles. The van der Waals surface area contributed by atoms with E-state index in [9.17, 15) is 21.6 Å². The molecule has 1 amide bonds. The van der Waals surface area contributed by atoms with Crippen LogP contribution in [0.5, 0.6) is 0 Å². The zero-order valence-corrected chi connectivity index (χ0v) is 18.5. The van der Waals surface area contributed by atoms with Gasteiger partial charge in [0.2, 0.25) is 26.0 Å². The normalized spacial score (nSPS) is 15.5. The summed E-state index contributed by atoms with van der Waals surface area (Å²) in [7, 11) is -6.02. The number of benzene rings is 1. The number of anilines is 1. The molecule has 0 bridgehead atoms. The number of hydrogen-bond donors (Lipinski definition) is 1. The molecule has 0 spiro atoms. The highest BCUT2D eigenvalue weighted by Gasteiger charge is 2.23. The van der Waals surface area contributed by atoms with Crippen LogP contribution in [0.1, 0.15) is 36.8 Å². The summed E-state index contributed by atoms with van der Waals surface area (Å²) in [4.78, 5) is 14.0. The number of carbonyl (C=O) groups excluding carboxylic acids is 1. The van der Waals surface area contributed by atoms with Crippen LogP contribution in [-0.4, -0.2) is 60.6 Å². The van der Waals surface area contributed by atoms with E-state index in [2.05, 4.69) is 4.72 Å². The molecule has 2 rings (SSSR count). The summed E-state index contributed by atoms with van der Waals surface area (Å²) < 4.78 is 52.7. The lowest BCUT2D eigenvalue weighted by atomic mass is 10.1. The van der Waals surface area contributed by atoms with Gasteiger partial charge in [-0.2, -0.15) is 0 Å². The maximum absolute atomic E-state index is 12.7. The number of hydrogen-bond acceptors (Lipinski definition) is 5. The average Bonchev–Trinajstić information content (AvgIpc) is 2.60. The van der Waals surface area contributed by atoms with Crippen molar-refractivity contribution in [3.63, 3.8) is 0 Å². The standard InChI is InChI=1S/C18H29N3O5S2/c1-14-12-15(2)17(13-16(14)20(3)27(4,23)24)28(25,26)19-9-8-18(22)21-10-6-5-7-11-21/h12-13,19H,5-11H2,1-4H3. The fourth-order valence-corrected chi connectivity index (χ4v) is 5.13. The summed E-state index contributed by atoms with van der Waals surface area (Å²) in [6, 6.07) is 3.00. The van der Waals surface area contributed by atoms with E-state index < -0.39 is 20.0 Å². The minimum atomic E-state index is -3.88. The van der Waals surface area contributed by atoms with Crippen LogP contribution in [0.25, 0.3) is 0 Å². The predicted molar refractivity (Wildman–Crippen MR) is 109 cm³/mol. The van der Waals surface area contributed by atoms with Crippen molar-refractivity contribution in [2.75, 3.05) is 37.2 Å². The molecule has 10 heteroatoms. The van der Waals surface area contributed by atoms with E-state index in [0.29, 0.717) is 16.8 Å². The summed E-state index contributed by atoms with van der Waals surface area (Å²) in [5, 5.41) is 0. The molecule has 1 aromatic rings. The Labute approximate surface area is 168 Å². The van der Waals surface area contributed by atoms with Crippen molar-refractivity contribution in [1.82, 2.24) is 9.62 Å². The van der Waals surface area contributed by atoms with Crippen LogP contribution < -0.4 is 9.03 Å². The number of aryl methyl sites for hydroxylation is 2. The second-order valence-electron chi connectivity index (χ2n) is 7.22. The third-order valence-electron chi connectivity index (χ3n) is 4.96. The van der Waals surface area contributed by atoms with Crippen molar-refractivity contribution in [3.8, 4) is 0 Å². The Morgan fingerprint density at radius 2 is 1.68 bits per heavy atom. The van der Waals surface area contributed by atoms with Crippen molar-refractivity contribution in [1.29, 1.82) is 0 Å². The maximum Gasteiger partial charge on any atom is 0.240 e. The third-order valence-corrected chi connectivity index (χ3v) is 7.75. The molecule has 28 heavy (non-hydrogen) atoms. The van der Waals surface area contributed by atoms with E-state index in [4.69, 9.17) is 0 Å². The summed E-state index contributed by atoms with van der Waals surface area (Å²) >= 11 is 0. The van der Waals surface area contributed by atoms with Gasteiger partial charge in [-0.05, 0) is 50.3 Å². The van der Waals surface area contributed by atoms with Crippen molar-refractivity contribution >= 4 is 31.6 Å². The van der Waals surface area contributed by atoms with E-state index >= 15 is 0 Å². The number of likely N-dealkylation sites (tertiary alicyclic amines) is 1. The van der Waals surface area contributed by atoms with E-state index in [1.165, 1.54) is 13.1 Å². The SMILES string of the molecule is Cc1cc(C)c(S(=O)(=O)NCCC(=O)N2CCCCC2)cc1N(C)S(C)(=O)=O. The molecule has 1 aliphatic heterocycles. The van der Waals surface area contributed by atoms with Crippen molar-refractivity contribution in [3.05, 3.63) is 23.3 Å². The van der Waals surface area contributed by atoms with Crippen LogP contribution >= 0.6 is 0 Å². The van der Waals surface area contributed by atoms with E-state index in [1.807, 2.05) is 0 Å². The first-order valence-electron chi connectivity index (χ1n) is 9.26. The highest BCUT2D eigenvalue weighted by Crippen LogP contribution is 2.28. The largest absolute Gasteiger partial charge is 0.343 e. The van der Waals surface area contributed by atoms with Gasteiger partial charge in [0.1, 0.15) is 0 Å². The maximum atomic E-state index is 12.7. The lowest BCUT2D eigenvalue weighted by Crippen LogP contribution is -2.37. The van der Waals surface area contributed by atoms with Crippen LogP contribution in [0, 0.1) is 13.8 Å². The van der Waals surface area contributed by atoms with Gasteiger partial charge >= 0.3 is 0 Å². The molecule has 0 saturated carbocycles. The minimum Gasteiger partial charge on any atom is -0.343 e. The number of sulfonamides is 2. The summed E-state index contributed by atoms with van der Waals surface area (Å²) in [6.07, 6.45) is 4.24. The Hall–Kier alpha value is -1.65. The molecule has 0 aliphatic carbocycles. The number of carbonyl (C=O) groups is 1. The zero-order valence-electron chi connectivity index (χ0n) is 16.9. The molecule has 0 aromatic heterocycles. The molecular formula is C18H29N3O5S2. The quantitative estimate of drug-likeness (QED) is 0.702. The van der Waals surface area contributed by atoms with Gasteiger partial charge in [-0.3, -0.25) is 9.10 Å². The Kier molecular flexibility index (Phi) is 7.11. The van der Waals surface area contributed by atoms with Crippen molar-refractivity contribution in [2.45, 2.75) is 44.4 Å². The Morgan fingerprint density at radius 1 is 1.07 bits per heavy atom. The molecule has 8 nitrogen and oxygen atoms in total. The Balaban J connectivity index is 2.15. The molecule has 1 aromatic carbocycles. The molecular weight excluding hydrogens is 402 g/mol. The minimum absolute atomic E-state index is 0.00221.